The fourth-order valence-electron chi connectivity index (χ4n) is 5.85. The zero-order valence-corrected chi connectivity index (χ0v) is 19.0. The van der Waals surface area contributed by atoms with Crippen molar-refractivity contribution in [3.63, 3.8) is 0 Å². The Labute approximate surface area is 191 Å². The van der Waals surface area contributed by atoms with E-state index in [4.69, 9.17) is 4.74 Å². The molecule has 1 N–H and O–H groups in total. The van der Waals surface area contributed by atoms with Crippen molar-refractivity contribution < 1.29 is 9.53 Å². The maximum absolute atomic E-state index is 12.2. The van der Waals surface area contributed by atoms with Crippen LogP contribution in [0.2, 0.25) is 0 Å². The lowest BCUT2D eigenvalue weighted by Crippen LogP contribution is -2.42. The monoisotopic (exact) mass is 443 g/mol. The Morgan fingerprint density at radius 2 is 1.97 bits per heavy atom. The largest absolute Gasteiger partial charge is 0.493 e. The summed E-state index contributed by atoms with van der Waals surface area (Å²) in [5, 5.41) is 12.6. The highest BCUT2D eigenvalue weighted by atomic mass is 35.5. The number of nitriles is 1. The van der Waals surface area contributed by atoms with E-state index in [2.05, 4.69) is 16.3 Å². The smallest absolute Gasteiger partial charge is 0.223 e. The van der Waals surface area contributed by atoms with Gasteiger partial charge in [0.2, 0.25) is 5.91 Å². The molecule has 2 aliphatic carbocycles. The Hall–Kier alpha value is -1.77. The van der Waals surface area contributed by atoms with E-state index >= 15 is 0 Å². The zero-order valence-electron chi connectivity index (χ0n) is 18.2. The van der Waals surface area contributed by atoms with Gasteiger partial charge in [0.1, 0.15) is 5.75 Å². The van der Waals surface area contributed by atoms with E-state index in [1.807, 2.05) is 18.2 Å². The van der Waals surface area contributed by atoms with Crippen molar-refractivity contribution in [1.82, 2.24) is 10.2 Å². The van der Waals surface area contributed by atoms with Crippen LogP contribution in [0.4, 0.5) is 0 Å². The molecule has 1 aromatic rings. The summed E-state index contributed by atoms with van der Waals surface area (Å²) in [6, 6.07) is 8.54. The van der Waals surface area contributed by atoms with E-state index in [0.717, 1.165) is 69.2 Å². The van der Waals surface area contributed by atoms with E-state index < -0.39 is 0 Å². The number of ether oxygens (including phenoxy) is 1. The Balaban J connectivity index is 0.00000231. The molecule has 2 atom stereocenters. The van der Waals surface area contributed by atoms with Crippen molar-refractivity contribution in [3.05, 3.63) is 29.3 Å². The van der Waals surface area contributed by atoms with Crippen LogP contribution >= 0.6 is 12.4 Å². The van der Waals surface area contributed by atoms with Crippen LogP contribution in [0.5, 0.6) is 5.75 Å². The summed E-state index contributed by atoms with van der Waals surface area (Å²) in [5.74, 6) is 3.42. The highest BCUT2D eigenvalue weighted by Crippen LogP contribution is 2.42. The Kier molecular flexibility index (Phi) is 7.08. The fourth-order valence-corrected chi connectivity index (χ4v) is 5.85. The predicted molar refractivity (Wildman–Crippen MR) is 122 cm³/mol. The number of hydrogen-bond donors (Lipinski definition) is 1. The number of likely N-dealkylation sites (tertiary alicyclic amines) is 1. The average molecular weight is 444 g/mol. The molecule has 0 spiro atoms. The molecule has 1 amide bonds. The molecular weight excluding hydrogens is 410 g/mol. The molecule has 5 nitrogen and oxygen atoms in total. The third kappa shape index (κ3) is 4.86. The lowest BCUT2D eigenvalue weighted by Gasteiger charge is -2.32. The van der Waals surface area contributed by atoms with Crippen LogP contribution in [0.15, 0.2) is 18.2 Å². The first-order chi connectivity index (χ1) is 14.7. The number of benzene rings is 1. The number of hydrogen-bond acceptors (Lipinski definition) is 4. The highest BCUT2D eigenvalue weighted by molar-refractivity contribution is 5.85. The van der Waals surface area contributed by atoms with Crippen molar-refractivity contribution in [2.75, 3.05) is 26.2 Å². The van der Waals surface area contributed by atoms with Gasteiger partial charge in [-0.05, 0) is 75.6 Å². The summed E-state index contributed by atoms with van der Waals surface area (Å²) < 4.78 is 5.98. The molecule has 2 aliphatic heterocycles. The van der Waals surface area contributed by atoms with Gasteiger partial charge in [-0.3, -0.25) is 4.79 Å². The SMILES string of the molecule is Cl.N#Cc1ccc2c(c1)[C@@H]1CN(CC[C@H]3CC[C@H](NC(=O)C4CCC4)CC3)C[C@H]1CO2. The lowest BCUT2D eigenvalue weighted by molar-refractivity contribution is -0.128. The first kappa shape index (κ1) is 22.4. The summed E-state index contributed by atoms with van der Waals surface area (Å²) in [5.41, 5.74) is 1.97. The molecule has 31 heavy (non-hydrogen) atoms. The van der Waals surface area contributed by atoms with Gasteiger partial charge >= 0.3 is 0 Å². The summed E-state index contributed by atoms with van der Waals surface area (Å²) >= 11 is 0. The number of carbonyl (C=O) groups excluding carboxylic acids is 1. The second kappa shape index (κ2) is 9.79. The predicted octanol–water partition coefficient (Wildman–Crippen LogP) is 4.25. The number of amides is 1. The number of nitrogens with zero attached hydrogens (tertiary/aromatic N) is 2. The van der Waals surface area contributed by atoms with Crippen molar-refractivity contribution in [2.45, 2.75) is 63.3 Å². The molecule has 0 bridgehead atoms. The molecule has 3 fully saturated rings. The normalized spacial score (nSPS) is 30.0. The first-order valence-electron chi connectivity index (χ1n) is 11.9. The lowest BCUT2D eigenvalue weighted by atomic mass is 9.82. The van der Waals surface area contributed by atoms with Gasteiger partial charge in [0.25, 0.3) is 0 Å². The van der Waals surface area contributed by atoms with E-state index in [0.29, 0.717) is 29.7 Å². The number of halogens is 1. The molecule has 4 aliphatic rings. The topological polar surface area (TPSA) is 65.4 Å². The van der Waals surface area contributed by atoms with Gasteiger partial charge in [0.05, 0.1) is 18.2 Å². The van der Waals surface area contributed by atoms with E-state index in [-0.39, 0.29) is 12.4 Å². The van der Waals surface area contributed by atoms with Gasteiger partial charge in [0, 0.05) is 42.4 Å². The van der Waals surface area contributed by atoms with Gasteiger partial charge in [-0.1, -0.05) is 6.42 Å². The molecule has 1 saturated heterocycles. The van der Waals surface area contributed by atoms with Gasteiger partial charge in [-0.2, -0.15) is 5.26 Å². The van der Waals surface area contributed by atoms with Crippen LogP contribution in [0.1, 0.15) is 68.4 Å². The second-order valence-corrected chi connectivity index (χ2v) is 9.94. The quantitative estimate of drug-likeness (QED) is 0.738. The van der Waals surface area contributed by atoms with Gasteiger partial charge < -0.3 is 15.0 Å². The molecule has 6 heteroatoms. The van der Waals surface area contributed by atoms with E-state index in [9.17, 15) is 10.1 Å². The van der Waals surface area contributed by atoms with Gasteiger partial charge in [-0.25, -0.2) is 0 Å². The van der Waals surface area contributed by atoms with Crippen molar-refractivity contribution in [3.8, 4) is 11.8 Å². The molecule has 2 heterocycles. The van der Waals surface area contributed by atoms with Crippen molar-refractivity contribution in [1.29, 1.82) is 5.26 Å². The molecule has 2 saturated carbocycles. The van der Waals surface area contributed by atoms with Crippen LogP contribution in [0.3, 0.4) is 0 Å². The highest BCUT2D eigenvalue weighted by Gasteiger charge is 2.39. The summed E-state index contributed by atoms with van der Waals surface area (Å²) in [6.45, 7) is 4.15. The van der Waals surface area contributed by atoms with E-state index in [1.165, 1.54) is 31.2 Å². The minimum atomic E-state index is 0. The third-order valence-electron chi connectivity index (χ3n) is 8.03. The summed E-state index contributed by atoms with van der Waals surface area (Å²) in [6.07, 6.45) is 9.44. The number of carbonyl (C=O) groups is 1. The average Bonchev–Trinajstić information content (AvgIpc) is 3.15. The van der Waals surface area contributed by atoms with Crippen LogP contribution < -0.4 is 10.1 Å². The van der Waals surface area contributed by atoms with E-state index in [1.54, 1.807) is 0 Å². The summed E-state index contributed by atoms with van der Waals surface area (Å²) in [7, 11) is 0. The van der Waals surface area contributed by atoms with Crippen LogP contribution in [-0.2, 0) is 4.79 Å². The second-order valence-electron chi connectivity index (χ2n) is 9.94. The maximum atomic E-state index is 12.2. The molecule has 1 aromatic carbocycles. The van der Waals surface area contributed by atoms with Crippen LogP contribution in [0, 0.1) is 29.1 Å². The molecule has 168 valence electrons. The summed E-state index contributed by atoms with van der Waals surface area (Å²) in [4.78, 5) is 14.8. The number of fused-ring (bicyclic) bond motifs is 3. The zero-order chi connectivity index (χ0) is 20.5. The van der Waals surface area contributed by atoms with Gasteiger partial charge in [0.15, 0.2) is 0 Å². The number of nitrogens with one attached hydrogen (secondary N) is 1. The maximum Gasteiger partial charge on any atom is 0.223 e. The fraction of sp³-hybridized carbons (Fsp3) is 0.680. The Bertz CT molecular complexity index is 827. The molecule has 0 unspecified atom stereocenters. The minimum absolute atomic E-state index is 0. The standard InChI is InChI=1S/C25H33N3O2.ClH/c26-13-18-6-9-24-22(12-18)23-15-28(14-20(23)16-30-24)11-10-17-4-7-21(8-5-17)27-25(29)19-2-1-3-19;/h6,9,12,17,19-21,23H,1-5,7-8,10-11,14-16H2,(H,27,29);1H/t17-,20-,21-,23+;/m0./s1. The Morgan fingerprint density at radius 1 is 1.16 bits per heavy atom. The van der Waals surface area contributed by atoms with Crippen LogP contribution in [-0.4, -0.2) is 43.1 Å². The number of rotatable bonds is 5. The molecule has 5 rings (SSSR count). The third-order valence-corrected chi connectivity index (χ3v) is 8.03. The van der Waals surface area contributed by atoms with Gasteiger partial charge in [-0.15, -0.1) is 12.4 Å². The molecular formula is C25H34ClN3O2. The van der Waals surface area contributed by atoms with Crippen LogP contribution in [0.25, 0.3) is 0 Å². The minimum Gasteiger partial charge on any atom is -0.493 e. The molecule has 0 radical (unpaired) electrons. The van der Waals surface area contributed by atoms with Crippen molar-refractivity contribution in [2.24, 2.45) is 17.8 Å². The van der Waals surface area contributed by atoms with Crippen molar-refractivity contribution >= 4 is 18.3 Å². The first-order valence-corrected chi connectivity index (χ1v) is 11.9. The Morgan fingerprint density at radius 3 is 2.68 bits per heavy atom. The molecule has 0 aromatic heterocycles.